The summed E-state index contributed by atoms with van der Waals surface area (Å²) in [6.45, 7) is 3.48. The van der Waals surface area contributed by atoms with E-state index in [1.807, 2.05) is 0 Å². The van der Waals surface area contributed by atoms with Crippen molar-refractivity contribution >= 4 is 11.6 Å². The first-order valence-corrected chi connectivity index (χ1v) is 5.56. The summed E-state index contributed by atoms with van der Waals surface area (Å²) in [7, 11) is 0. The molecule has 1 heterocycles. The van der Waals surface area contributed by atoms with Crippen molar-refractivity contribution in [3.63, 3.8) is 0 Å². The summed E-state index contributed by atoms with van der Waals surface area (Å²) in [6.07, 6.45) is 0. The lowest BCUT2D eigenvalue weighted by atomic mass is 10.1. The Kier molecular flexibility index (Phi) is 3.04. The van der Waals surface area contributed by atoms with E-state index in [0.29, 0.717) is 22.7 Å². The minimum Gasteiger partial charge on any atom is -0.454 e. The number of benzene rings is 1. The molecular formula is C12H16N2O4. The van der Waals surface area contributed by atoms with Crippen LogP contribution in [-0.4, -0.2) is 30.0 Å². The van der Waals surface area contributed by atoms with Gasteiger partial charge in [-0.3, -0.25) is 4.79 Å². The van der Waals surface area contributed by atoms with Gasteiger partial charge in [-0.15, -0.1) is 0 Å². The van der Waals surface area contributed by atoms with Gasteiger partial charge in [-0.25, -0.2) is 0 Å². The summed E-state index contributed by atoms with van der Waals surface area (Å²) in [5, 5.41) is 12.2. The molecule has 2 rings (SSSR count). The van der Waals surface area contributed by atoms with Gasteiger partial charge < -0.3 is 25.6 Å². The normalized spacial score (nSPS) is 13.5. The van der Waals surface area contributed by atoms with Crippen LogP contribution in [-0.2, 0) is 0 Å². The van der Waals surface area contributed by atoms with Gasteiger partial charge in [-0.05, 0) is 19.9 Å². The lowest BCUT2D eigenvalue weighted by molar-refractivity contribution is 0.0694. The maximum absolute atomic E-state index is 11.9. The zero-order valence-corrected chi connectivity index (χ0v) is 10.3. The van der Waals surface area contributed by atoms with Gasteiger partial charge in [0.2, 0.25) is 6.79 Å². The second-order valence-corrected chi connectivity index (χ2v) is 4.79. The molecule has 1 aliphatic heterocycles. The van der Waals surface area contributed by atoms with Gasteiger partial charge in [0.25, 0.3) is 5.91 Å². The van der Waals surface area contributed by atoms with E-state index in [-0.39, 0.29) is 19.2 Å². The second-order valence-electron chi connectivity index (χ2n) is 4.79. The average molecular weight is 252 g/mol. The number of anilines is 1. The maximum atomic E-state index is 11.9. The fraction of sp³-hybridized carbons (Fsp3) is 0.417. The number of nitrogens with one attached hydrogen (secondary N) is 1. The maximum Gasteiger partial charge on any atom is 0.253 e. The van der Waals surface area contributed by atoms with Crippen LogP contribution >= 0.6 is 0 Å². The molecule has 1 aromatic carbocycles. The smallest absolute Gasteiger partial charge is 0.253 e. The van der Waals surface area contributed by atoms with Crippen LogP contribution in [0, 0.1) is 0 Å². The molecule has 0 spiro atoms. The van der Waals surface area contributed by atoms with E-state index in [1.165, 1.54) is 6.07 Å². The molecule has 0 aromatic heterocycles. The van der Waals surface area contributed by atoms with Crippen LogP contribution < -0.4 is 20.5 Å². The first kappa shape index (κ1) is 12.5. The third-order valence-corrected chi connectivity index (χ3v) is 2.47. The van der Waals surface area contributed by atoms with Crippen molar-refractivity contribution in [1.29, 1.82) is 0 Å². The number of nitrogen functional groups attached to an aromatic ring is 1. The van der Waals surface area contributed by atoms with E-state index in [9.17, 15) is 9.90 Å². The molecule has 6 nitrogen and oxygen atoms in total. The molecule has 0 saturated heterocycles. The highest BCUT2D eigenvalue weighted by Gasteiger charge is 2.21. The molecule has 4 N–H and O–H groups in total. The average Bonchev–Trinajstić information content (AvgIpc) is 2.70. The Bertz CT molecular complexity index is 480. The Morgan fingerprint density at radius 1 is 1.44 bits per heavy atom. The van der Waals surface area contributed by atoms with Crippen LogP contribution in [0.4, 0.5) is 5.69 Å². The number of aliphatic hydroxyl groups is 1. The van der Waals surface area contributed by atoms with Gasteiger partial charge in [0.1, 0.15) is 0 Å². The molecule has 18 heavy (non-hydrogen) atoms. The van der Waals surface area contributed by atoms with Crippen molar-refractivity contribution in [2.45, 2.75) is 19.4 Å². The van der Waals surface area contributed by atoms with Gasteiger partial charge >= 0.3 is 0 Å². The largest absolute Gasteiger partial charge is 0.454 e. The number of hydrogen-bond acceptors (Lipinski definition) is 5. The SMILES string of the molecule is CC(C)(O)CNC(=O)c1cc2c(cc1N)OCO2. The van der Waals surface area contributed by atoms with E-state index in [1.54, 1.807) is 19.9 Å². The number of nitrogens with two attached hydrogens (primary N) is 1. The van der Waals surface area contributed by atoms with Crippen molar-refractivity contribution in [2.75, 3.05) is 19.1 Å². The van der Waals surface area contributed by atoms with Gasteiger partial charge in [-0.2, -0.15) is 0 Å². The number of carbonyl (C=O) groups is 1. The molecule has 6 heteroatoms. The minimum atomic E-state index is -0.971. The summed E-state index contributed by atoms with van der Waals surface area (Å²) in [5.74, 6) is 0.678. The van der Waals surface area contributed by atoms with Crippen LogP contribution in [0.5, 0.6) is 11.5 Å². The van der Waals surface area contributed by atoms with Gasteiger partial charge in [0.15, 0.2) is 11.5 Å². The minimum absolute atomic E-state index is 0.128. The number of fused-ring (bicyclic) bond motifs is 1. The molecule has 1 aromatic rings. The monoisotopic (exact) mass is 252 g/mol. The summed E-state index contributed by atoms with van der Waals surface area (Å²) < 4.78 is 10.3. The fourth-order valence-electron chi connectivity index (χ4n) is 1.55. The van der Waals surface area contributed by atoms with E-state index >= 15 is 0 Å². The highest BCUT2D eigenvalue weighted by atomic mass is 16.7. The van der Waals surface area contributed by atoms with Crippen molar-refractivity contribution in [3.05, 3.63) is 17.7 Å². The Morgan fingerprint density at radius 3 is 2.67 bits per heavy atom. The number of hydrogen-bond donors (Lipinski definition) is 3. The van der Waals surface area contributed by atoms with Crippen molar-refractivity contribution in [2.24, 2.45) is 0 Å². The van der Waals surface area contributed by atoms with E-state index < -0.39 is 5.60 Å². The first-order valence-electron chi connectivity index (χ1n) is 5.56. The molecule has 0 radical (unpaired) electrons. The molecule has 0 saturated carbocycles. The lowest BCUT2D eigenvalue weighted by Gasteiger charge is -2.18. The highest BCUT2D eigenvalue weighted by Crippen LogP contribution is 2.35. The van der Waals surface area contributed by atoms with Crippen LogP contribution in [0.25, 0.3) is 0 Å². The van der Waals surface area contributed by atoms with Crippen LogP contribution in [0.1, 0.15) is 24.2 Å². The molecule has 0 unspecified atom stereocenters. The zero-order chi connectivity index (χ0) is 13.3. The van der Waals surface area contributed by atoms with Crippen molar-refractivity contribution in [3.8, 4) is 11.5 Å². The Labute approximate surface area is 105 Å². The third-order valence-electron chi connectivity index (χ3n) is 2.47. The van der Waals surface area contributed by atoms with Crippen molar-refractivity contribution < 1.29 is 19.4 Å². The number of carbonyl (C=O) groups excluding carboxylic acids is 1. The molecule has 0 fully saturated rings. The van der Waals surface area contributed by atoms with Gasteiger partial charge in [0.05, 0.1) is 11.2 Å². The zero-order valence-electron chi connectivity index (χ0n) is 10.3. The van der Waals surface area contributed by atoms with Crippen LogP contribution in [0.3, 0.4) is 0 Å². The van der Waals surface area contributed by atoms with Gasteiger partial charge in [-0.1, -0.05) is 0 Å². The molecular weight excluding hydrogens is 236 g/mol. The Hall–Kier alpha value is -1.95. The summed E-state index contributed by atoms with van der Waals surface area (Å²) >= 11 is 0. The number of ether oxygens (including phenoxy) is 2. The molecule has 0 aliphatic carbocycles. The standard InChI is InChI=1S/C12H16N2O4/c1-12(2,16)5-14-11(15)7-3-9-10(4-8(7)13)18-6-17-9/h3-4,16H,5-6,13H2,1-2H3,(H,14,15). The molecule has 1 aliphatic rings. The van der Waals surface area contributed by atoms with E-state index in [0.717, 1.165) is 0 Å². The third kappa shape index (κ3) is 2.65. The molecule has 0 bridgehead atoms. The predicted octanol–water partition coefficient (Wildman–Crippen LogP) is 0.498. The topological polar surface area (TPSA) is 93.8 Å². The van der Waals surface area contributed by atoms with Crippen molar-refractivity contribution in [1.82, 2.24) is 5.32 Å². The molecule has 98 valence electrons. The lowest BCUT2D eigenvalue weighted by Crippen LogP contribution is -2.38. The summed E-state index contributed by atoms with van der Waals surface area (Å²) in [6, 6.07) is 3.10. The van der Waals surface area contributed by atoms with E-state index in [2.05, 4.69) is 5.32 Å². The molecule has 0 atom stereocenters. The quantitative estimate of drug-likeness (QED) is 0.681. The second kappa shape index (κ2) is 4.38. The van der Waals surface area contributed by atoms with Crippen LogP contribution in [0.15, 0.2) is 12.1 Å². The summed E-state index contributed by atoms with van der Waals surface area (Å²) in [4.78, 5) is 11.9. The first-order chi connectivity index (χ1) is 8.37. The predicted molar refractivity (Wildman–Crippen MR) is 65.6 cm³/mol. The van der Waals surface area contributed by atoms with Gasteiger partial charge in [0, 0.05) is 18.3 Å². The number of rotatable bonds is 3. The highest BCUT2D eigenvalue weighted by molar-refractivity contribution is 6.00. The Balaban J connectivity index is 2.16. The number of amides is 1. The summed E-state index contributed by atoms with van der Waals surface area (Å²) in [5.41, 5.74) is 5.42. The fourth-order valence-corrected chi connectivity index (χ4v) is 1.55. The Morgan fingerprint density at radius 2 is 2.06 bits per heavy atom. The van der Waals surface area contributed by atoms with Crippen LogP contribution in [0.2, 0.25) is 0 Å². The molecule has 1 amide bonds. The van der Waals surface area contributed by atoms with E-state index in [4.69, 9.17) is 15.2 Å².